The predicted molar refractivity (Wildman–Crippen MR) is 73.2 cm³/mol. The summed E-state index contributed by atoms with van der Waals surface area (Å²) in [5.74, 6) is 1.50. The van der Waals surface area contributed by atoms with Gasteiger partial charge in [-0.3, -0.25) is 0 Å². The summed E-state index contributed by atoms with van der Waals surface area (Å²) < 4.78 is 0. The Morgan fingerprint density at radius 3 is 2.44 bits per heavy atom. The molecule has 0 atom stereocenters. The van der Waals surface area contributed by atoms with Crippen LogP contribution in [0.25, 0.3) is 11.3 Å². The zero-order valence-corrected chi connectivity index (χ0v) is 11.2. The van der Waals surface area contributed by atoms with Crippen LogP contribution in [0.1, 0.15) is 36.7 Å². The SMILES string of the molecule is Cc1nnc(-c2cc(C(C)C)ccc2C)c(N)n1. The van der Waals surface area contributed by atoms with Gasteiger partial charge in [0.05, 0.1) is 0 Å². The molecule has 0 saturated heterocycles. The lowest BCUT2D eigenvalue weighted by Gasteiger charge is -2.11. The average molecular weight is 242 g/mol. The smallest absolute Gasteiger partial charge is 0.154 e. The highest BCUT2D eigenvalue weighted by Gasteiger charge is 2.11. The Kier molecular flexibility index (Phi) is 3.28. The molecule has 1 aromatic carbocycles. The second kappa shape index (κ2) is 4.72. The van der Waals surface area contributed by atoms with Gasteiger partial charge in [-0.2, -0.15) is 0 Å². The number of hydrogen-bond acceptors (Lipinski definition) is 4. The Morgan fingerprint density at radius 2 is 1.83 bits per heavy atom. The molecule has 0 bridgehead atoms. The van der Waals surface area contributed by atoms with Crippen LogP contribution < -0.4 is 5.73 Å². The molecule has 1 aromatic heterocycles. The van der Waals surface area contributed by atoms with Crippen molar-refractivity contribution in [2.24, 2.45) is 0 Å². The summed E-state index contributed by atoms with van der Waals surface area (Å²) in [4.78, 5) is 4.17. The first kappa shape index (κ1) is 12.5. The Balaban J connectivity index is 2.59. The summed E-state index contributed by atoms with van der Waals surface area (Å²) in [6.45, 7) is 8.15. The van der Waals surface area contributed by atoms with Crippen molar-refractivity contribution in [3.63, 3.8) is 0 Å². The summed E-state index contributed by atoms with van der Waals surface area (Å²) in [6.07, 6.45) is 0. The largest absolute Gasteiger partial charge is 0.382 e. The van der Waals surface area contributed by atoms with Crippen LogP contribution in [-0.4, -0.2) is 15.2 Å². The van der Waals surface area contributed by atoms with Crippen LogP contribution >= 0.6 is 0 Å². The van der Waals surface area contributed by atoms with Crippen molar-refractivity contribution in [2.45, 2.75) is 33.6 Å². The summed E-state index contributed by atoms with van der Waals surface area (Å²) in [5, 5.41) is 8.16. The zero-order chi connectivity index (χ0) is 13.3. The summed E-state index contributed by atoms with van der Waals surface area (Å²) in [6, 6.07) is 6.35. The monoisotopic (exact) mass is 242 g/mol. The van der Waals surface area contributed by atoms with Crippen molar-refractivity contribution >= 4 is 5.82 Å². The number of benzene rings is 1. The van der Waals surface area contributed by atoms with Crippen LogP contribution in [-0.2, 0) is 0 Å². The van der Waals surface area contributed by atoms with Crippen molar-refractivity contribution in [3.05, 3.63) is 35.2 Å². The zero-order valence-electron chi connectivity index (χ0n) is 11.2. The van der Waals surface area contributed by atoms with E-state index in [0.29, 0.717) is 23.3 Å². The van der Waals surface area contributed by atoms with Gasteiger partial charge in [0.2, 0.25) is 0 Å². The lowest BCUT2D eigenvalue weighted by molar-refractivity contribution is 0.865. The molecule has 0 aliphatic rings. The topological polar surface area (TPSA) is 64.7 Å². The standard InChI is InChI=1S/C14H18N4/c1-8(2)11-6-5-9(3)12(7-11)13-14(15)16-10(4)17-18-13/h5-8H,1-4H3,(H2,15,16,17). The summed E-state index contributed by atoms with van der Waals surface area (Å²) in [5.41, 5.74) is 10.0. The van der Waals surface area contributed by atoms with Crippen molar-refractivity contribution in [3.8, 4) is 11.3 Å². The van der Waals surface area contributed by atoms with E-state index >= 15 is 0 Å². The molecule has 2 N–H and O–H groups in total. The second-order valence-electron chi connectivity index (χ2n) is 4.82. The van der Waals surface area contributed by atoms with Crippen molar-refractivity contribution in [1.29, 1.82) is 0 Å². The van der Waals surface area contributed by atoms with Crippen LogP contribution in [0.15, 0.2) is 18.2 Å². The van der Waals surface area contributed by atoms with Gasteiger partial charge in [0.1, 0.15) is 11.5 Å². The Labute approximate surface area is 107 Å². The fraction of sp³-hybridized carbons (Fsp3) is 0.357. The van der Waals surface area contributed by atoms with Crippen molar-refractivity contribution < 1.29 is 0 Å². The normalized spacial score (nSPS) is 10.9. The fourth-order valence-corrected chi connectivity index (χ4v) is 1.87. The number of hydrogen-bond donors (Lipinski definition) is 1. The van der Waals surface area contributed by atoms with Gasteiger partial charge in [-0.25, -0.2) is 4.98 Å². The molecule has 18 heavy (non-hydrogen) atoms. The Morgan fingerprint density at radius 1 is 1.11 bits per heavy atom. The van der Waals surface area contributed by atoms with Crippen LogP contribution in [0.3, 0.4) is 0 Å². The minimum Gasteiger partial charge on any atom is -0.382 e. The molecule has 4 nitrogen and oxygen atoms in total. The number of aryl methyl sites for hydroxylation is 2. The van der Waals surface area contributed by atoms with E-state index in [1.165, 1.54) is 5.56 Å². The third-order valence-electron chi connectivity index (χ3n) is 3.00. The van der Waals surface area contributed by atoms with Crippen molar-refractivity contribution in [2.75, 3.05) is 5.73 Å². The van der Waals surface area contributed by atoms with E-state index in [-0.39, 0.29) is 0 Å². The first-order valence-electron chi connectivity index (χ1n) is 6.06. The number of nitrogens with two attached hydrogens (primary N) is 1. The molecule has 4 heteroatoms. The molecule has 0 aliphatic carbocycles. The molecular weight excluding hydrogens is 224 g/mol. The maximum absolute atomic E-state index is 5.93. The quantitative estimate of drug-likeness (QED) is 0.879. The summed E-state index contributed by atoms with van der Waals surface area (Å²) >= 11 is 0. The molecule has 1 heterocycles. The lowest BCUT2D eigenvalue weighted by atomic mass is 9.96. The maximum Gasteiger partial charge on any atom is 0.154 e. The van der Waals surface area contributed by atoms with Crippen LogP contribution in [0.4, 0.5) is 5.82 Å². The van der Waals surface area contributed by atoms with E-state index < -0.39 is 0 Å². The average Bonchev–Trinajstić information content (AvgIpc) is 2.30. The van der Waals surface area contributed by atoms with Gasteiger partial charge in [-0.15, -0.1) is 10.2 Å². The highest BCUT2D eigenvalue weighted by Crippen LogP contribution is 2.28. The molecule has 0 spiro atoms. The molecule has 0 unspecified atom stereocenters. The van der Waals surface area contributed by atoms with E-state index in [1.54, 1.807) is 6.92 Å². The highest BCUT2D eigenvalue weighted by molar-refractivity contribution is 5.72. The number of aromatic nitrogens is 3. The van der Waals surface area contributed by atoms with Crippen LogP contribution in [0.5, 0.6) is 0 Å². The molecule has 0 aliphatic heterocycles. The maximum atomic E-state index is 5.93. The van der Waals surface area contributed by atoms with Gasteiger partial charge in [0, 0.05) is 5.56 Å². The lowest BCUT2D eigenvalue weighted by Crippen LogP contribution is -2.03. The molecule has 0 amide bonds. The fourth-order valence-electron chi connectivity index (χ4n) is 1.87. The molecule has 94 valence electrons. The first-order valence-corrected chi connectivity index (χ1v) is 6.06. The molecule has 2 rings (SSSR count). The number of nitrogen functional groups attached to an aromatic ring is 1. The van der Waals surface area contributed by atoms with E-state index in [1.807, 2.05) is 6.92 Å². The molecule has 0 saturated carbocycles. The number of nitrogens with zero attached hydrogens (tertiary/aromatic N) is 3. The van der Waals surface area contributed by atoms with Gasteiger partial charge in [0.15, 0.2) is 5.82 Å². The molecule has 0 fully saturated rings. The highest BCUT2D eigenvalue weighted by atomic mass is 15.2. The third kappa shape index (κ3) is 2.32. The number of rotatable bonds is 2. The Hall–Kier alpha value is -1.97. The van der Waals surface area contributed by atoms with Gasteiger partial charge in [-0.1, -0.05) is 26.0 Å². The molecule has 2 aromatic rings. The summed E-state index contributed by atoms with van der Waals surface area (Å²) in [7, 11) is 0. The van der Waals surface area contributed by atoms with Crippen LogP contribution in [0.2, 0.25) is 0 Å². The Bertz CT molecular complexity index is 576. The second-order valence-corrected chi connectivity index (χ2v) is 4.82. The van der Waals surface area contributed by atoms with Crippen LogP contribution in [0, 0.1) is 13.8 Å². The van der Waals surface area contributed by atoms with Gasteiger partial charge < -0.3 is 5.73 Å². The van der Waals surface area contributed by atoms with E-state index in [9.17, 15) is 0 Å². The molecular formula is C14H18N4. The number of anilines is 1. The molecule has 0 radical (unpaired) electrons. The predicted octanol–water partition coefficient (Wildman–Crippen LogP) is 2.86. The minimum absolute atomic E-state index is 0.437. The van der Waals surface area contributed by atoms with E-state index in [0.717, 1.165) is 11.1 Å². The minimum atomic E-state index is 0.437. The van der Waals surface area contributed by atoms with E-state index in [4.69, 9.17) is 5.73 Å². The van der Waals surface area contributed by atoms with Gasteiger partial charge >= 0.3 is 0 Å². The third-order valence-corrected chi connectivity index (χ3v) is 3.00. The van der Waals surface area contributed by atoms with E-state index in [2.05, 4.69) is 47.2 Å². The van der Waals surface area contributed by atoms with Gasteiger partial charge in [-0.05, 0) is 37.0 Å². The van der Waals surface area contributed by atoms with Gasteiger partial charge in [0.25, 0.3) is 0 Å². The van der Waals surface area contributed by atoms with Crippen molar-refractivity contribution in [1.82, 2.24) is 15.2 Å². The first-order chi connectivity index (χ1) is 8.49.